The van der Waals surface area contributed by atoms with Gasteiger partial charge in [0.15, 0.2) is 0 Å². The SMILES string of the molecule is CC(=O)O[C@H]1CC[C@]23COS(=O)(=O)N[C@H](C[C@H]4[C@@H]5CC[C@H](C(C)=O)[C@@]5(C)CC[C@@H]42)[C@@]3(OC(C)=O)C1. The number of esters is 2. The summed E-state index contributed by atoms with van der Waals surface area (Å²) < 4.78 is 45.8. The number of nitrogens with one attached hydrogen (secondary N) is 1. The molecule has 0 aromatic carbocycles. The molecule has 5 rings (SSSR count). The van der Waals surface area contributed by atoms with Crippen LogP contribution in [0.5, 0.6) is 0 Å². The van der Waals surface area contributed by atoms with Crippen LogP contribution in [0, 0.1) is 34.5 Å². The Labute approximate surface area is 207 Å². The van der Waals surface area contributed by atoms with Crippen molar-refractivity contribution in [3.63, 3.8) is 0 Å². The summed E-state index contributed by atoms with van der Waals surface area (Å²) >= 11 is 0. The lowest BCUT2D eigenvalue weighted by atomic mass is 9.41. The van der Waals surface area contributed by atoms with Crippen LogP contribution < -0.4 is 4.72 Å². The molecule has 1 aliphatic heterocycles. The van der Waals surface area contributed by atoms with E-state index in [4.69, 9.17) is 13.7 Å². The predicted octanol–water partition coefficient (Wildman–Crippen LogP) is 2.67. The minimum Gasteiger partial charge on any atom is -0.462 e. The maximum absolute atomic E-state index is 12.9. The Morgan fingerprint density at radius 2 is 1.71 bits per heavy atom. The van der Waals surface area contributed by atoms with Crippen molar-refractivity contribution in [2.24, 2.45) is 34.5 Å². The molecule has 35 heavy (non-hydrogen) atoms. The molecule has 2 bridgehead atoms. The molecule has 1 N–H and O–H groups in total. The van der Waals surface area contributed by atoms with Crippen molar-refractivity contribution in [1.82, 2.24) is 4.72 Å². The standard InChI is InChI=1S/C25H37NO8S/c1-14(27)19-5-6-20-18-11-22-25(34-16(3)29)12-17(33-15(2)28)7-10-24(25,13-32-35(30,31)26-22)21(18)8-9-23(19,20)4/h17-22,26H,5-13H2,1-4H3/t17-,18-,19+,20-,21-,22+,23+,24-,25-/m0/s1. The van der Waals surface area contributed by atoms with Crippen molar-refractivity contribution in [2.75, 3.05) is 6.61 Å². The lowest BCUT2D eigenvalue weighted by molar-refractivity contribution is -0.256. The highest BCUT2D eigenvalue weighted by Gasteiger charge is 2.73. The topological polar surface area (TPSA) is 125 Å². The maximum atomic E-state index is 12.9. The maximum Gasteiger partial charge on any atom is 0.336 e. The highest BCUT2D eigenvalue weighted by atomic mass is 32.2. The Balaban J connectivity index is 1.62. The normalized spacial score (nSPS) is 47.9. The second-order valence-electron chi connectivity index (χ2n) is 11.9. The molecule has 1 heterocycles. The third-order valence-corrected chi connectivity index (χ3v) is 11.4. The van der Waals surface area contributed by atoms with Gasteiger partial charge in [-0.05, 0) is 75.0 Å². The molecule has 0 spiro atoms. The molecule has 0 unspecified atom stereocenters. The number of carbonyl (C=O) groups is 3. The van der Waals surface area contributed by atoms with E-state index in [-0.39, 0.29) is 42.0 Å². The van der Waals surface area contributed by atoms with E-state index < -0.39 is 45.4 Å². The molecule has 0 radical (unpaired) electrons. The average molecular weight is 512 g/mol. The zero-order chi connectivity index (χ0) is 25.4. The zero-order valence-corrected chi connectivity index (χ0v) is 21.8. The molecule has 4 aliphatic carbocycles. The third-order valence-electron chi connectivity index (χ3n) is 10.4. The fourth-order valence-corrected chi connectivity index (χ4v) is 10.4. The largest absolute Gasteiger partial charge is 0.462 e. The summed E-state index contributed by atoms with van der Waals surface area (Å²) in [5.41, 5.74) is -2.01. The highest BCUT2D eigenvalue weighted by molar-refractivity contribution is 7.84. The van der Waals surface area contributed by atoms with Gasteiger partial charge in [-0.3, -0.25) is 18.6 Å². The number of carbonyl (C=O) groups excluding carboxylic acids is 3. The van der Waals surface area contributed by atoms with Crippen molar-refractivity contribution < 1.29 is 36.5 Å². The van der Waals surface area contributed by atoms with E-state index in [1.54, 1.807) is 6.92 Å². The van der Waals surface area contributed by atoms with Crippen LogP contribution in [0.3, 0.4) is 0 Å². The zero-order valence-electron chi connectivity index (χ0n) is 21.0. The minimum atomic E-state index is -4.06. The quantitative estimate of drug-likeness (QED) is 0.574. The van der Waals surface area contributed by atoms with Gasteiger partial charge in [-0.1, -0.05) is 6.92 Å². The van der Waals surface area contributed by atoms with Crippen molar-refractivity contribution in [2.45, 2.75) is 96.8 Å². The van der Waals surface area contributed by atoms with Crippen LogP contribution in [-0.4, -0.2) is 50.5 Å². The van der Waals surface area contributed by atoms with Crippen LogP contribution in [0.4, 0.5) is 0 Å². The van der Waals surface area contributed by atoms with Gasteiger partial charge in [-0.25, -0.2) is 0 Å². The molecule has 5 fully saturated rings. The van der Waals surface area contributed by atoms with Crippen LogP contribution in [0.2, 0.25) is 0 Å². The molecule has 196 valence electrons. The third kappa shape index (κ3) is 3.69. The summed E-state index contributed by atoms with van der Waals surface area (Å²) in [5, 5.41) is 0. The van der Waals surface area contributed by atoms with E-state index in [1.807, 2.05) is 0 Å². The highest BCUT2D eigenvalue weighted by Crippen LogP contribution is 2.70. The first kappa shape index (κ1) is 25.1. The number of hydrogen-bond acceptors (Lipinski definition) is 8. The van der Waals surface area contributed by atoms with Gasteiger partial charge in [0.1, 0.15) is 17.5 Å². The van der Waals surface area contributed by atoms with Gasteiger partial charge in [-0.2, -0.15) is 13.1 Å². The summed E-state index contributed by atoms with van der Waals surface area (Å²) in [6.45, 7) is 6.55. The average Bonchev–Trinajstić information content (AvgIpc) is 3.07. The molecule has 0 aromatic heterocycles. The number of rotatable bonds is 3. The van der Waals surface area contributed by atoms with Gasteiger partial charge in [0.2, 0.25) is 0 Å². The fraction of sp³-hybridized carbons (Fsp3) is 0.880. The van der Waals surface area contributed by atoms with Crippen LogP contribution >= 0.6 is 0 Å². The van der Waals surface area contributed by atoms with Gasteiger partial charge in [0.05, 0.1) is 12.6 Å². The molecule has 5 aliphatic rings. The van der Waals surface area contributed by atoms with Crippen molar-refractivity contribution in [3.8, 4) is 0 Å². The Morgan fingerprint density at radius 1 is 0.971 bits per heavy atom. The van der Waals surface area contributed by atoms with E-state index in [0.29, 0.717) is 25.2 Å². The number of hydrogen-bond donors (Lipinski definition) is 1. The monoisotopic (exact) mass is 511 g/mol. The summed E-state index contributed by atoms with van der Waals surface area (Å²) in [6, 6.07) is -0.697. The Hall–Kier alpha value is -1.52. The lowest BCUT2D eigenvalue weighted by Crippen LogP contribution is -2.73. The van der Waals surface area contributed by atoms with Crippen LogP contribution in [0.25, 0.3) is 0 Å². The van der Waals surface area contributed by atoms with Gasteiger partial charge >= 0.3 is 22.2 Å². The van der Waals surface area contributed by atoms with Crippen molar-refractivity contribution >= 4 is 28.0 Å². The van der Waals surface area contributed by atoms with E-state index in [9.17, 15) is 22.8 Å². The van der Waals surface area contributed by atoms with E-state index in [2.05, 4.69) is 11.6 Å². The molecule has 1 saturated heterocycles. The number of Topliss-reactive ketones (excluding diaryl/α,β-unsaturated/α-hetero) is 1. The summed E-state index contributed by atoms with van der Waals surface area (Å²) in [7, 11) is -4.06. The first-order valence-electron chi connectivity index (χ1n) is 12.9. The summed E-state index contributed by atoms with van der Waals surface area (Å²) in [5.74, 6) is -0.0798. The first-order chi connectivity index (χ1) is 16.3. The van der Waals surface area contributed by atoms with E-state index in [0.717, 1.165) is 25.7 Å². The molecule has 0 amide bonds. The van der Waals surface area contributed by atoms with Gasteiger partial charge in [0.25, 0.3) is 0 Å². The van der Waals surface area contributed by atoms with Crippen LogP contribution in [0.1, 0.15) is 79.1 Å². The molecule has 9 atom stereocenters. The van der Waals surface area contributed by atoms with Crippen molar-refractivity contribution in [1.29, 1.82) is 0 Å². The van der Waals surface area contributed by atoms with Gasteiger partial charge in [-0.15, -0.1) is 0 Å². The Morgan fingerprint density at radius 3 is 2.37 bits per heavy atom. The first-order valence-corrected chi connectivity index (χ1v) is 14.3. The minimum absolute atomic E-state index is 0.0285. The predicted molar refractivity (Wildman–Crippen MR) is 124 cm³/mol. The number of ketones is 1. The van der Waals surface area contributed by atoms with Gasteiger partial charge in [0, 0.05) is 31.6 Å². The second kappa shape index (κ2) is 8.25. The lowest BCUT2D eigenvalue weighted by Gasteiger charge is -2.66. The smallest absolute Gasteiger partial charge is 0.336 e. The van der Waals surface area contributed by atoms with Gasteiger partial charge < -0.3 is 9.47 Å². The van der Waals surface area contributed by atoms with Crippen LogP contribution in [-0.2, 0) is 38.3 Å². The number of fused-ring (bicyclic) bond motifs is 3. The van der Waals surface area contributed by atoms with Crippen LogP contribution in [0.15, 0.2) is 0 Å². The second-order valence-corrected chi connectivity index (χ2v) is 13.3. The Kier molecular flexibility index (Phi) is 5.92. The molecular weight excluding hydrogens is 474 g/mol. The molecule has 0 aromatic rings. The number of ether oxygens (including phenoxy) is 2. The molecule has 9 nitrogen and oxygen atoms in total. The fourth-order valence-electron chi connectivity index (χ4n) is 9.34. The Bertz CT molecular complexity index is 1040. The summed E-state index contributed by atoms with van der Waals surface area (Å²) in [6.07, 6.45) is 4.86. The summed E-state index contributed by atoms with van der Waals surface area (Å²) in [4.78, 5) is 36.8. The van der Waals surface area contributed by atoms with E-state index in [1.165, 1.54) is 13.8 Å². The van der Waals surface area contributed by atoms with E-state index >= 15 is 0 Å². The molecule has 4 saturated carbocycles. The molecular formula is C25H37NO8S. The molecule has 10 heteroatoms. The van der Waals surface area contributed by atoms with Crippen molar-refractivity contribution in [3.05, 3.63) is 0 Å².